The van der Waals surface area contributed by atoms with E-state index in [-0.39, 0.29) is 23.2 Å². The first kappa shape index (κ1) is 15.7. The third-order valence-corrected chi connectivity index (χ3v) is 3.35. The van der Waals surface area contributed by atoms with Crippen LogP contribution in [-0.4, -0.2) is 35.7 Å². The van der Waals surface area contributed by atoms with Crippen molar-refractivity contribution in [3.63, 3.8) is 0 Å². The number of aliphatic hydroxyl groups excluding tert-OH is 1. The first-order valence-electron chi connectivity index (χ1n) is 5.96. The third-order valence-electron chi connectivity index (χ3n) is 3.02. The molecule has 1 aromatic carbocycles. The molecule has 2 atom stereocenters. The summed E-state index contributed by atoms with van der Waals surface area (Å²) in [5, 5.41) is 11.9. The molecule has 0 aliphatic carbocycles. The van der Waals surface area contributed by atoms with Gasteiger partial charge in [-0.1, -0.05) is 17.7 Å². The van der Waals surface area contributed by atoms with Crippen molar-refractivity contribution >= 4 is 17.6 Å². The fourth-order valence-corrected chi connectivity index (χ4v) is 1.93. The molecule has 0 aliphatic heterocycles. The average Bonchev–Trinajstić information content (AvgIpc) is 2.36. The molecule has 0 saturated heterocycles. The molecular formula is C13H18ClFN2O2. The van der Waals surface area contributed by atoms with Gasteiger partial charge in [0.05, 0.1) is 18.7 Å². The van der Waals surface area contributed by atoms with E-state index in [4.69, 9.17) is 16.7 Å². The molecular weight excluding hydrogens is 271 g/mol. The van der Waals surface area contributed by atoms with Gasteiger partial charge in [-0.15, -0.1) is 0 Å². The Bertz CT molecular complexity index is 436. The first-order valence-corrected chi connectivity index (χ1v) is 6.34. The van der Waals surface area contributed by atoms with Crippen LogP contribution < -0.4 is 5.32 Å². The zero-order chi connectivity index (χ0) is 14.6. The number of halogens is 2. The van der Waals surface area contributed by atoms with Crippen LogP contribution in [0.15, 0.2) is 18.2 Å². The summed E-state index contributed by atoms with van der Waals surface area (Å²) in [6, 6.07) is 3.11. The van der Waals surface area contributed by atoms with Crippen LogP contribution in [0.2, 0.25) is 5.02 Å². The predicted molar refractivity (Wildman–Crippen MR) is 72.7 cm³/mol. The van der Waals surface area contributed by atoms with E-state index in [2.05, 4.69) is 5.32 Å². The van der Waals surface area contributed by atoms with Crippen molar-refractivity contribution in [1.29, 1.82) is 0 Å². The zero-order valence-electron chi connectivity index (χ0n) is 11.2. The third kappa shape index (κ3) is 3.81. The molecule has 0 aliphatic rings. The summed E-state index contributed by atoms with van der Waals surface area (Å²) >= 11 is 5.93. The molecule has 2 unspecified atom stereocenters. The molecule has 0 heterocycles. The molecule has 1 rings (SSSR count). The Morgan fingerprint density at radius 1 is 1.53 bits per heavy atom. The first-order chi connectivity index (χ1) is 8.88. The number of likely N-dealkylation sites (N-methyl/N-ethyl adjacent to an activating group) is 1. The minimum absolute atomic E-state index is 0.140. The monoisotopic (exact) mass is 288 g/mol. The van der Waals surface area contributed by atoms with Gasteiger partial charge in [0.2, 0.25) is 0 Å². The fourth-order valence-electron chi connectivity index (χ4n) is 1.61. The van der Waals surface area contributed by atoms with Gasteiger partial charge in [-0.05, 0) is 26.0 Å². The van der Waals surface area contributed by atoms with Gasteiger partial charge in [-0.25, -0.2) is 9.18 Å². The van der Waals surface area contributed by atoms with Gasteiger partial charge in [0, 0.05) is 17.6 Å². The van der Waals surface area contributed by atoms with Crippen LogP contribution in [-0.2, 0) is 0 Å². The van der Waals surface area contributed by atoms with Crippen LogP contribution in [0, 0.1) is 5.82 Å². The molecule has 0 saturated carbocycles. The van der Waals surface area contributed by atoms with Gasteiger partial charge in [0.1, 0.15) is 5.82 Å². The van der Waals surface area contributed by atoms with Crippen LogP contribution in [0.1, 0.15) is 25.5 Å². The van der Waals surface area contributed by atoms with E-state index in [1.807, 2.05) is 0 Å². The van der Waals surface area contributed by atoms with Gasteiger partial charge in [-0.2, -0.15) is 0 Å². The highest BCUT2D eigenvalue weighted by Gasteiger charge is 2.20. The van der Waals surface area contributed by atoms with Crippen molar-refractivity contribution < 1.29 is 14.3 Å². The lowest BCUT2D eigenvalue weighted by atomic mass is 10.1. The average molecular weight is 289 g/mol. The second-order valence-electron chi connectivity index (χ2n) is 4.45. The van der Waals surface area contributed by atoms with E-state index < -0.39 is 17.9 Å². The minimum atomic E-state index is -0.561. The van der Waals surface area contributed by atoms with E-state index in [0.717, 1.165) is 0 Å². The van der Waals surface area contributed by atoms with Crippen LogP contribution in [0.3, 0.4) is 0 Å². The maximum absolute atomic E-state index is 13.7. The Hall–Kier alpha value is -1.33. The van der Waals surface area contributed by atoms with Gasteiger partial charge >= 0.3 is 6.03 Å². The minimum Gasteiger partial charge on any atom is -0.394 e. The highest BCUT2D eigenvalue weighted by atomic mass is 35.5. The summed E-state index contributed by atoms with van der Waals surface area (Å²) in [6.07, 6.45) is 0. The Morgan fingerprint density at radius 2 is 2.16 bits per heavy atom. The maximum atomic E-state index is 13.7. The molecule has 2 N–H and O–H groups in total. The fraction of sp³-hybridized carbons (Fsp3) is 0.462. The quantitative estimate of drug-likeness (QED) is 0.895. The lowest BCUT2D eigenvalue weighted by molar-refractivity contribution is 0.155. The van der Waals surface area contributed by atoms with Gasteiger partial charge in [0.25, 0.3) is 0 Å². The predicted octanol–water partition coefficient (Wildman–Crippen LogP) is 2.56. The van der Waals surface area contributed by atoms with E-state index in [0.29, 0.717) is 0 Å². The van der Waals surface area contributed by atoms with Crippen molar-refractivity contribution in [3.8, 4) is 0 Å². The highest BCUT2D eigenvalue weighted by Crippen LogP contribution is 2.25. The Labute approximate surface area is 117 Å². The molecule has 4 nitrogen and oxygen atoms in total. The van der Waals surface area contributed by atoms with Gasteiger partial charge in [0.15, 0.2) is 0 Å². The van der Waals surface area contributed by atoms with Crippen molar-refractivity contribution in [2.45, 2.75) is 25.9 Å². The van der Waals surface area contributed by atoms with Crippen LogP contribution in [0.5, 0.6) is 0 Å². The SMILES string of the molecule is CC(NC(=O)N(C)C(C)CO)c1c(F)cccc1Cl. The summed E-state index contributed by atoms with van der Waals surface area (Å²) in [5.74, 6) is -0.460. The molecule has 0 bridgehead atoms. The number of aliphatic hydroxyl groups is 1. The number of rotatable bonds is 4. The molecule has 19 heavy (non-hydrogen) atoms. The largest absolute Gasteiger partial charge is 0.394 e. The number of carbonyl (C=O) groups excluding carboxylic acids is 1. The normalized spacial score (nSPS) is 13.8. The molecule has 0 radical (unpaired) electrons. The molecule has 0 aromatic heterocycles. The van der Waals surface area contributed by atoms with E-state index in [1.54, 1.807) is 27.0 Å². The lowest BCUT2D eigenvalue weighted by Crippen LogP contribution is -2.44. The van der Waals surface area contributed by atoms with Gasteiger partial charge < -0.3 is 15.3 Å². The van der Waals surface area contributed by atoms with Crippen molar-refractivity contribution in [2.24, 2.45) is 0 Å². The van der Waals surface area contributed by atoms with Crippen LogP contribution in [0.25, 0.3) is 0 Å². The number of benzene rings is 1. The molecule has 6 heteroatoms. The number of urea groups is 1. The van der Waals surface area contributed by atoms with Crippen LogP contribution in [0.4, 0.5) is 9.18 Å². The number of nitrogens with zero attached hydrogens (tertiary/aromatic N) is 1. The number of hydrogen-bond donors (Lipinski definition) is 2. The Morgan fingerprint density at radius 3 is 2.68 bits per heavy atom. The summed E-state index contributed by atoms with van der Waals surface area (Å²) in [7, 11) is 1.56. The molecule has 2 amide bonds. The molecule has 0 fully saturated rings. The Kier molecular flexibility index (Phi) is 5.57. The summed E-state index contributed by atoms with van der Waals surface area (Å²) in [4.78, 5) is 13.2. The molecule has 1 aromatic rings. The number of amides is 2. The topological polar surface area (TPSA) is 52.6 Å². The standard InChI is InChI=1S/C13H18ClFN2O2/c1-8(7-18)17(3)13(19)16-9(2)12-10(14)5-4-6-11(12)15/h4-6,8-9,18H,7H2,1-3H3,(H,16,19). The summed E-state index contributed by atoms with van der Waals surface area (Å²) in [6.45, 7) is 3.22. The summed E-state index contributed by atoms with van der Waals surface area (Å²) < 4.78 is 13.7. The number of carbonyl (C=O) groups is 1. The van der Waals surface area contributed by atoms with E-state index in [1.165, 1.54) is 17.0 Å². The van der Waals surface area contributed by atoms with Crippen molar-refractivity contribution in [1.82, 2.24) is 10.2 Å². The molecule has 0 spiro atoms. The lowest BCUT2D eigenvalue weighted by Gasteiger charge is -2.26. The van der Waals surface area contributed by atoms with E-state index >= 15 is 0 Å². The number of nitrogens with one attached hydrogen (secondary N) is 1. The van der Waals surface area contributed by atoms with Crippen molar-refractivity contribution in [2.75, 3.05) is 13.7 Å². The van der Waals surface area contributed by atoms with Crippen LogP contribution >= 0.6 is 11.6 Å². The maximum Gasteiger partial charge on any atom is 0.317 e. The zero-order valence-corrected chi connectivity index (χ0v) is 11.9. The van der Waals surface area contributed by atoms with E-state index in [9.17, 15) is 9.18 Å². The Balaban J connectivity index is 2.80. The van der Waals surface area contributed by atoms with Crippen molar-refractivity contribution in [3.05, 3.63) is 34.6 Å². The highest BCUT2D eigenvalue weighted by molar-refractivity contribution is 6.31. The molecule has 106 valence electrons. The number of hydrogen-bond acceptors (Lipinski definition) is 2. The second kappa shape index (κ2) is 6.73. The smallest absolute Gasteiger partial charge is 0.317 e. The summed E-state index contributed by atoms with van der Waals surface area (Å²) in [5.41, 5.74) is 0.252. The second-order valence-corrected chi connectivity index (χ2v) is 4.86. The van der Waals surface area contributed by atoms with Gasteiger partial charge in [-0.3, -0.25) is 0 Å².